The first-order valence-electron chi connectivity index (χ1n) is 12.0. The molecule has 0 amide bonds. The van der Waals surface area contributed by atoms with Crippen molar-refractivity contribution in [3.05, 3.63) is 104 Å². The maximum absolute atomic E-state index is 11.5. The summed E-state index contributed by atoms with van der Waals surface area (Å²) in [6.45, 7) is 7.30. The number of hydrogen-bond donors (Lipinski definition) is 1. The molecule has 0 atom stereocenters. The number of aromatic nitrogens is 5. The minimum absolute atomic E-state index is 0.357. The van der Waals surface area contributed by atoms with Crippen molar-refractivity contribution in [3.63, 3.8) is 0 Å². The standard InChI is InChI=1S/C28H25N5O3/c1-4-25-31-26-16(2)11-17(3)29-27(26)33(25)14-18-9-10-20-19(12-18)15-35-23-8-6-5-7-21(23)22(20)13-24-30-28(34)36-32-24/h5-13H,4,14-15H2,1-3H3,(H,30,32,34)/b22-13-. The Morgan fingerprint density at radius 1 is 1.08 bits per heavy atom. The van der Waals surface area contributed by atoms with Gasteiger partial charge in [0.05, 0.1) is 6.54 Å². The number of benzene rings is 2. The smallest absolute Gasteiger partial charge is 0.439 e. The Morgan fingerprint density at radius 3 is 2.75 bits per heavy atom. The Bertz CT molecular complexity index is 1710. The first-order valence-corrected chi connectivity index (χ1v) is 12.0. The van der Waals surface area contributed by atoms with Crippen molar-refractivity contribution in [1.29, 1.82) is 0 Å². The molecule has 0 saturated carbocycles. The molecule has 1 aliphatic heterocycles. The van der Waals surface area contributed by atoms with Crippen LogP contribution in [0.3, 0.4) is 0 Å². The third-order valence-electron chi connectivity index (χ3n) is 6.52. The van der Waals surface area contributed by atoms with Gasteiger partial charge in [0, 0.05) is 17.7 Å². The van der Waals surface area contributed by atoms with E-state index in [1.165, 1.54) is 0 Å². The highest BCUT2D eigenvalue weighted by atomic mass is 16.5. The number of ether oxygens (including phenoxy) is 1. The summed E-state index contributed by atoms with van der Waals surface area (Å²) in [4.78, 5) is 23.8. The fourth-order valence-corrected chi connectivity index (χ4v) is 4.91. The maximum atomic E-state index is 11.5. The highest BCUT2D eigenvalue weighted by Gasteiger charge is 2.21. The molecule has 8 nitrogen and oxygen atoms in total. The zero-order valence-electron chi connectivity index (χ0n) is 20.3. The monoisotopic (exact) mass is 479 g/mol. The van der Waals surface area contributed by atoms with Crippen molar-refractivity contribution in [3.8, 4) is 5.75 Å². The van der Waals surface area contributed by atoms with Gasteiger partial charge in [-0.05, 0) is 65.9 Å². The highest BCUT2D eigenvalue weighted by molar-refractivity contribution is 5.93. The zero-order chi connectivity index (χ0) is 24.8. The molecule has 1 aliphatic rings. The minimum Gasteiger partial charge on any atom is -0.488 e. The van der Waals surface area contributed by atoms with E-state index in [1.54, 1.807) is 0 Å². The van der Waals surface area contributed by atoms with Gasteiger partial charge in [-0.1, -0.05) is 42.4 Å². The lowest BCUT2D eigenvalue weighted by molar-refractivity contribution is 0.307. The van der Waals surface area contributed by atoms with Crippen molar-refractivity contribution in [2.45, 2.75) is 40.3 Å². The number of fused-ring (bicyclic) bond motifs is 3. The molecule has 0 spiro atoms. The van der Waals surface area contributed by atoms with Gasteiger partial charge in [-0.3, -0.25) is 9.51 Å². The highest BCUT2D eigenvalue weighted by Crippen LogP contribution is 2.38. The fourth-order valence-electron chi connectivity index (χ4n) is 4.91. The molecule has 5 aromatic rings. The Labute approximate surface area is 207 Å². The molecule has 0 fully saturated rings. The molecule has 2 aromatic carbocycles. The Kier molecular flexibility index (Phi) is 5.29. The number of aromatic amines is 1. The fraction of sp³-hybridized carbons (Fsp3) is 0.214. The Balaban J connectivity index is 1.46. The van der Waals surface area contributed by atoms with Gasteiger partial charge < -0.3 is 9.30 Å². The average Bonchev–Trinajstić information content (AvgIpc) is 3.40. The summed E-state index contributed by atoms with van der Waals surface area (Å²) in [6.07, 6.45) is 2.64. The number of imidazole rings is 1. The van der Waals surface area contributed by atoms with E-state index in [0.29, 0.717) is 19.0 Å². The summed E-state index contributed by atoms with van der Waals surface area (Å²) in [5.74, 6) is 1.56. The van der Waals surface area contributed by atoms with Crippen LogP contribution < -0.4 is 10.5 Å². The second-order valence-corrected chi connectivity index (χ2v) is 9.04. The van der Waals surface area contributed by atoms with E-state index in [0.717, 1.165) is 68.2 Å². The number of aryl methyl sites for hydroxylation is 3. The number of pyridine rings is 1. The van der Waals surface area contributed by atoms with Crippen LogP contribution in [0.1, 0.15) is 52.1 Å². The van der Waals surface area contributed by atoms with Crippen LogP contribution in [0.25, 0.3) is 22.8 Å². The number of nitrogens with one attached hydrogen (secondary N) is 1. The van der Waals surface area contributed by atoms with Crippen molar-refractivity contribution in [2.24, 2.45) is 0 Å². The summed E-state index contributed by atoms with van der Waals surface area (Å²) < 4.78 is 13.1. The predicted molar refractivity (Wildman–Crippen MR) is 137 cm³/mol. The molecule has 3 aromatic heterocycles. The van der Waals surface area contributed by atoms with Crippen LogP contribution in [0.15, 0.2) is 57.8 Å². The van der Waals surface area contributed by atoms with E-state index in [-0.39, 0.29) is 0 Å². The molecule has 1 N–H and O–H groups in total. The summed E-state index contributed by atoms with van der Waals surface area (Å²) in [5.41, 5.74) is 9.02. The van der Waals surface area contributed by atoms with E-state index in [1.807, 2.05) is 37.3 Å². The van der Waals surface area contributed by atoms with E-state index < -0.39 is 5.76 Å². The molecule has 0 aliphatic carbocycles. The minimum atomic E-state index is -0.589. The SMILES string of the molecule is CCc1nc2c(C)cc(C)nc2n1Cc1ccc2c(c1)COc1ccccc1/C2=C\c1noc(=O)[nH]1. The van der Waals surface area contributed by atoms with E-state index in [4.69, 9.17) is 19.2 Å². The van der Waals surface area contributed by atoms with Gasteiger partial charge in [-0.25, -0.2) is 14.8 Å². The van der Waals surface area contributed by atoms with Crippen LogP contribution in [-0.4, -0.2) is 24.7 Å². The summed E-state index contributed by atoms with van der Waals surface area (Å²) in [5, 5.41) is 3.84. The van der Waals surface area contributed by atoms with Crippen LogP contribution >= 0.6 is 0 Å². The maximum Gasteiger partial charge on any atom is 0.439 e. The molecule has 180 valence electrons. The van der Waals surface area contributed by atoms with Gasteiger partial charge in [0.25, 0.3) is 0 Å². The van der Waals surface area contributed by atoms with Gasteiger partial charge in [-0.15, -0.1) is 0 Å². The molecule has 0 saturated heterocycles. The number of nitrogens with zero attached hydrogens (tertiary/aromatic N) is 4. The molecule has 0 radical (unpaired) electrons. The van der Waals surface area contributed by atoms with Crippen molar-refractivity contribution in [2.75, 3.05) is 0 Å². The predicted octanol–water partition coefficient (Wildman–Crippen LogP) is 4.82. The van der Waals surface area contributed by atoms with Crippen LogP contribution in [0.4, 0.5) is 0 Å². The summed E-state index contributed by atoms with van der Waals surface area (Å²) in [6, 6.07) is 16.3. The van der Waals surface area contributed by atoms with E-state index >= 15 is 0 Å². The van der Waals surface area contributed by atoms with Gasteiger partial charge >= 0.3 is 5.76 Å². The van der Waals surface area contributed by atoms with Gasteiger partial charge in [0.15, 0.2) is 11.5 Å². The largest absolute Gasteiger partial charge is 0.488 e. The van der Waals surface area contributed by atoms with Gasteiger partial charge in [0.1, 0.15) is 23.7 Å². The molecular weight excluding hydrogens is 454 g/mol. The average molecular weight is 480 g/mol. The third kappa shape index (κ3) is 3.80. The Morgan fingerprint density at radius 2 is 1.94 bits per heavy atom. The normalized spacial score (nSPS) is 13.9. The summed E-state index contributed by atoms with van der Waals surface area (Å²) in [7, 11) is 0. The molecular formula is C28H25N5O3. The van der Waals surface area contributed by atoms with Crippen LogP contribution in [0.2, 0.25) is 0 Å². The second kappa shape index (κ2) is 8.64. The lowest BCUT2D eigenvalue weighted by atomic mass is 9.92. The second-order valence-electron chi connectivity index (χ2n) is 9.04. The molecule has 6 rings (SSSR count). The molecule has 0 bridgehead atoms. The quantitative estimate of drug-likeness (QED) is 0.397. The lowest BCUT2D eigenvalue weighted by Gasteiger charge is -2.13. The number of hydrogen-bond acceptors (Lipinski definition) is 6. The molecule has 4 heterocycles. The number of para-hydroxylation sites is 1. The molecule has 36 heavy (non-hydrogen) atoms. The molecule has 0 unspecified atom stereocenters. The summed E-state index contributed by atoms with van der Waals surface area (Å²) >= 11 is 0. The van der Waals surface area contributed by atoms with Crippen LogP contribution in [-0.2, 0) is 19.6 Å². The Hall–Kier alpha value is -4.46. The lowest BCUT2D eigenvalue weighted by Crippen LogP contribution is -2.07. The van der Waals surface area contributed by atoms with Crippen LogP contribution in [0, 0.1) is 13.8 Å². The molecule has 8 heteroatoms. The topological polar surface area (TPSA) is 98.8 Å². The van der Waals surface area contributed by atoms with Crippen LogP contribution in [0.5, 0.6) is 5.75 Å². The zero-order valence-corrected chi connectivity index (χ0v) is 20.3. The first-order chi connectivity index (χ1) is 17.5. The number of H-pyrrole nitrogens is 1. The number of rotatable bonds is 4. The van der Waals surface area contributed by atoms with Gasteiger partial charge in [-0.2, -0.15) is 0 Å². The van der Waals surface area contributed by atoms with Crippen molar-refractivity contribution < 1.29 is 9.26 Å². The van der Waals surface area contributed by atoms with Gasteiger partial charge in [0.2, 0.25) is 0 Å². The van der Waals surface area contributed by atoms with E-state index in [9.17, 15) is 4.79 Å². The third-order valence-corrected chi connectivity index (χ3v) is 6.52. The van der Waals surface area contributed by atoms with Crippen molar-refractivity contribution in [1.82, 2.24) is 24.7 Å². The van der Waals surface area contributed by atoms with Crippen molar-refractivity contribution >= 4 is 22.8 Å². The van der Waals surface area contributed by atoms with E-state index in [2.05, 4.69) is 52.8 Å². The first kappa shape index (κ1) is 22.0.